The minimum atomic E-state index is -0.754. The maximum atomic E-state index is 12.5. The predicted octanol–water partition coefficient (Wildman–Crippen LogP) is 3.28. The Kier molecular flexibility index (Phi) is 6.71. The smallest absolute Gasteiger partial charge is 0.119 e. The van der Waals surface area contributed by atoms with Crippen LogP contribution in [0.3, 0.4) is 0 Å². The Hall–Kier alpha value is -0.870. The van der Waals surface area contributed by atoms with E-state index in [-0.39, 0.29) is 6.04 Å². The molecule has 2 unspecified atom stereocenters. The molecule has 1 fully saturated rings. The predicted molar refractivity (Wildman–Crippen MR) is 89.2 cm³/mol. The van der Waals surface area contributed by atoms with Gasteiger partial charge in [-0.25, -0.2) is 0 Å². The number of ether oxygens (including phenoxy) is 1. The van der Waals surface area contributed by atoms with Crippen LogP contribution in [-0.4, -0.2) is 29.4 Å². The highest BCUT2D eigenvalue weighted by atomic mass is 32.2. The Morgan fingerprint density at radius 2 is 2.14 bits per heavy atom. The lowest BCUT2D eigenvalue weighted by atomic mass is 10.1. The van der Waals surface area contributed by atoms with Crippen LogP contribution in [0.15, 0.2) is 24.3 Å². The lowest BCUT2D eigenvalue weighted by molar-refractivity contribution is 0.413. The fourth-order valence-corrected chi connectivity index (χ4v) is 4.75. The first-order valence-electron chi connectivity index (χ1n) is 7.95. The van der Waals surface area contributed by atoms with E-state index >= 15 is 0 Å². The second-order valence-corrected chi connectivity index (χ2v) is 7.36. The van der Waals surface area contributed by atoms with Gasteiger partial charge >= 0.3 is 0 Å². The van der Waals surface area contributed by atoms with E-state index in [2.05, 4.69) is 18.3 Å². The third-order valence-corrected chi connectivity index (χ3v) is 5.74. The number of benzene rings is 1. The summed E-state index contributed by atoms with van der Waals surface area (Å²) in [6.07, 6.45) is 5.15. The van der Waals surface area contributed by atoms with Crippen molar-refractivity contribution in [1.82, 2.24) is 5.32 Å². The zero-order valence-corrected chi connectivity index (χ0v) is 14.0. The van der Waals surface area contributed by atoms with Gasteiger partial charge in [0.1, 0.15) is 5.75 Å². The van der Waals surface area contributed by atoms with E-state index in [0.29, 0.717) is 11.7 Å². The Labute approximate surface area is 130 Å². The molecule has 1 N–H and O–H groups in total. The lowest BCUT2D eigenvalue weighted by Crippen LogP contribution is -2.27. The summed E-state index contributed by atoms with van der Waals surface area (Å²) in [5.41, 5.74) is 1.16. The largest absolute Gasteiger partial charge is 0.497 e. The van der Waals surface area contributed by atoms with Crippen LogP contribution in [0.1, 0.15) is 44.2 Å². The molecule has 118 valence electrons. The molecule has 0 heterocycles. The molecule has 1 aliphatic carbocycles. The maximum absolute atomic E-state index is 12.5. The highest BCUT2D eigenvalue weighted by Gasteiger charge is 2.20. The molecule has 0 aromatic heterocycles. The molecule has 0 aliphatic heterocycles. The molecule has 1 aromatic carbocycles. The Bertz CT molecular complexity index is 458. The highest BCUT2D eigenvalue weighted by molar-refractivity contribution is 7.85. The minimum absolute atomic E-state index is 0.146. The molecule has 2 rings (SSSR count). The summed E-state index contributed by atoms with van der Waals surface area (Å²) in [5, 5.41) is 3.46. The van der Waals surface area contributed by atoms with Gasteiger partial charge in [0.2, 0.25) is 0 Å². The van der Waals surface area contributed by atoms with Crippen LogP contribution in [0.4, 0.5) is 0 Å². The summed E-state index contributed by atoms with van der Waals surface area (Å²) in [5.74, 6) is 3.10. The average Bonchev–Trinajstić information content (AvgIpc) is 2.99. The zero-order valence-electron chi connectivity index (χ0n) is 13.1. The van der Waals surface area contributed by atoms with Gasteiger partial charge in [0, 0.05) is 28.3 Å². The van der Waals surface area contributed by atoms with Crippen LogP contribution in [0.2, 0.25) is 0 Å². The molecular weight excluding hydrogens is 282 g/mol. The van der Waals surface area contributed by atoms with E-state index < -0.39 is 10.8 Å². The SMILES string of the molecule is CCNC(CS(=O)CC1CCCC1)c1cccc(OC)c1. The normalized spacial score (nSPS) is 18.6. The van der Waals surface area contributed by atoms with Crippen molar-refractivity contribution in [3.05, 3.63) is 29.8 Å². The van der Waals surface area contributed by atoms with Crippen LogP contribution in [0.25, 0.3) is 0 Å². The van der Waals surface area contributed by atoms with Crippen molar-refractivity contribution < 1.29 is 8.95 Å². The average molecular weight is 309 g/mol. The fraction of sp³-hybridized carbons (Fsp3) is 0.647. The molecule has 0 bridgehead atoms. The second kappa shape index (κ2) is 8.54. The number of rotatable bonds is 8. The summed E-state index contributed by atoms with van der Waals surface area (Å²) in [7, 11) is 0.926. The van der Waals surface area contributed by atoms with Crippen LogP contribution < -0.4 is 10.1 Å². The van der Waals surface area contributed by atoms with Gasteiger partial charge in [0.15, 0.2) is 0 Å². The van der Waals surface area contributed by atoms with E-state index in [1.165, 1.54) is 25.7 Å². The quantitative estimate of drug-likeness (QED) is 0.801. The van der Waals surface area contributed by atoms with Gasteiger partial charge in [0.25, 0.3) is 0 Å². The number of hydrogen-bond donors (Lipinski definition) is 1. The van der Waals surface area contributed by atoms with E-state index in [9.17, 15) is 4.21 Å². The fourth-order valence-electron chi connectivity index (χ4n) is 3.07. The summed E-state index contributed by atoms with van der Waals surface area (Å²) >= 11 is 0. The Morgan fingerprint density at radius 1 is 1.38 bits per heavy atom. The molecule has 0 saturated heterocycles. The van der Waals surface area contributed by atoms with Gasteiger partial charge in [-0.2, -0.15) is 0 Å². The molecule has 2 atom stereocenters. The minimum Gasteiger partial charge on any atom is -0.497 e. The Morgan fingerprint density at radius 3 is 2.81 bits per heavy atom. The van der Waals surface area contributed by atoms with Crippen LogP contribution in [0.5, 0.6) is 5.75 Å². The highest BCUT2D eigenvalue weighted by Crippen LogP contribution is 2.26. The second-order valence-electron chi connectivity index (χ2n) is 5.81. The molecule has 21 heavy (non-hydrogen) atoms. The molecule has 0 amide bonds. The van der Waals surface area contributed by atoms with Crippen molar-refractivity contribution in [2.45, 2.75) is 38.6 Å². The summed E-state index contributed by atoms with van der Waals surface area (Å²) in [4.78, 5) is 0. The van der Waals surface area contributed by atoms with Gasteiger partial charge in [-0.15, -0.1) is 0 Å². The van der Waals surface area contributed by atoms with Crippen molar-refractivity contribution in [1.29, 1.82) is 0 Å². The van der Waals surface area contributed by atoms with Crippen LogP contribution in [-0.2, 0) is 10.8 Å². The van der Waals surface area contributed by atoms with Crippen LogP contribution >= 0.6 is 0 Å². The molecule has 0 radical (unpaired) electrons. The number of hydrogen-bond acceptors (Lipinski definition) is 3. The zero-order chi connectivity index (χ0) is 15.1. The van der Waals surface area contributed by atoms with Gasteiger partial charge in [0.05, 0.1) is 7.11 Å². The standard InChI is InChI=1S/C17H27NO2S/c1-3-18-17(15-9-6-10-16(11-15)20-2)13-21(19)12-14-7-4-5-8-14/h6,9-11,14,17-18H,3-5,7-8,12-13H2,1-2H3. The summed E-state index contributed by atoms with van der Waals surface area (Å²) in [6, 6.07) is 8.22. The number of nitrogens with one attached hydrogen (secondary N) is 1. The molecule has 1 aliphatic rings. The van der Waals surface area contributed by atoms with E-state index in [1.807, 2.05) is 18.2 Å². The van der Waals surface area contributed by atoms with Gasteiger partial charge in [-0.3, -0.25) is 4.21 Å². The van der Waals surface area contributed by atoms with Gasteiger partial charge in [-0.05, 0) is 43.0 Å². The van der Waals surface area contributed by atoms with Crippen molar-refractivity contribution in [3.8, 4) is 5.75 Å². The first-order chi connectivity index (χ1) is 10.2. The van der Waals surface area contributed by atoms with E-state index in [0.717, 1.165) is 23.6 Å². The molecule has 4 heteroatoms. The number of methoxy groups -OCH3 is 1. The third-order valence-electron chi connectivity index (χ3n) is 4.20. The molecule has 3 nitrogen and oxygen atoms in total. The topological polar surface area (TPSA) is 38.3 Å². The monoisotopic (exact) mass is 309 g/mol. The van der Waals surface area contributed by atoms with Crippen LogP contribution in [0, 0.1) is 5.92 Å². The first-order valence-corrected chi connectivity index (χ1v) is 9.44. The molecule has 1 saturated carbocycles. The van der Waals surface area contributed by atoms with Crippen molar-refractivity contribution in [2.75, 3.05) is 25.2 Å². The molecular formula is C17H27NO2S. The van der Waals surface area contributed by atoms with E-state index in [4.69, 9.17) is 4.74 Å². The van der Waals surface area contributed by atoms with Crippen molar-refractivity contribution in [3.63, 3.8) is 0 Å². The van der Waals surface area contributed by atoms with Crippen molar-refractivity contribution >= 4 is 10.8 Å². The van der Waals surface area contributed by atoms with Gasteiger partial charge < -0.3 is 10.1 Å². The van der Waals surface area contributed by atoms with E-state index in [1.54, 1.807) is 7.11 Å². The van der Waals surface area contributed by atoms with Crippen molar-refractivity contribution in [2.24, 2.45) is 5.92 Å². The van der Waals surface area contributed by atoms with Gasteiger partial charge in [-0.1, -0.05) is 31.9 Å². The maximum Gasteiger partial charge on any atom is 0.119 e. The molecule has 0 spiro atoms. The third kappa shape index (κ3) is 5.11. The Balaban J connectivity index is 1.98. The first kappa shape index (κ1) is 16.5. The lowest BCUT2D eigenvalue weighted by Gasteiger charge is -2.19. The summed E-state index contributed by atoms with van der Waals surface area (Å²) in [6.45, 7) is 2.97. The summed E-state index contributed by atoms with van der Waals surface area (Å²) < 4.78 is 17.7. The molecule has 1 aromatic rings.